The number of nitrogens with zero attached hydrogens (tertiary/aromatic N) is 1. The van der Waals surface area contributed by atoms with Crippen molar-refractivity contribution in [2.75, 3.05) is 12.4 Å². The molecule has 1 aromatic heterocycles. The highest BCUT2D eigenvalue weighted by molar-refractivity contribution is 6.05. The summed E-state index contributed by atoms with van der Waals surface area (Å²) in [4.78, 5) is 12.9. The van der Waals surface area contributed by atoms with Crippen LogP contribution in [0.2, 0.25) is 0 Å². The molecule has 0 atom stereocenters. The van der Waals surface area contributed by atoms with E-state index in [4.69, 9.17) is 14.0 Å². The SMILES string of the molecule is COc1cc(C(=O)Nc2cccc3c2CCCC3)ccc1OCc1c(C)noc1C. The summed E-state index contributed by atoms with van der Waals surface area (Å²) in [5.41, 5.74) is 5.71. The van der Waals surface area contributed by atoms with Gasteiger partial charge in [0.25, 0.3) is 5.91 Å². The predicted molar refractivity (Wildman–Crippen MR) is 114 cm³/mol. The lowest BCUT2D eigenvalue weighted by molar-refractivity contribution is 0.102. The Balaban J connectivity index is 1.50. The molecule has 0 aliphatic heterocycles. The van der Waals surface area contributed by atoms with Crippen LogP contribution in [0.15, 0.2) is 40.9 Å². The molecule has 2 aromatic carbocycles. The van der Waals surface area contributed by atoms with E-state index in [9.17, 15) is 4.79 Å². The van der Waals surface area contributed by atoms with Crippen LogP contribution in [0, 0.1) is 13.8 Å². The Bertz CT molecular complexity index is 1050. The van der Waals surface area contributed by atoms with Gasteiger partial charge in [0.05, 0.1) is 18.4 Å². The zero-order valence-corrected chi connectivity index (χ0v) is 17.6. The van der Waals surface area contributed by atoms with Gasteiger partial charge < -0.3 is 19.3 Å². The molecule has 0 radical (unpaired) electrons. The van der Waals surface area contributed by atoms with Crippen LogP contribution in [0.3, 0.4) is 0 Å². The van der Waals surface area contributed by atoms with Gasteiger partial charge in [0.15, 0.2) is 11.5 Å². The molecular weight excluding hydrogens is 380 g/mol. The number of methoxy groups -OCH3 is 1. The number of benzene rings is 2. The summed E-state index contributed by atoms with van der Waals surface area (Å²) < 4.78 is 16.5. The number of hydrogen-bond acceptors (Lipinski definition) is 5. The van der Waals surface area contributed by atoms with E-state index in [0.29, 0.717) is 23.7 Å². The maximum atomic E-state index is 12.9. The molecule has 156 valence electrons. The zero-order chi connectivity index (χ0) is 21.1. The number of anilines is 1. The van der Waals surface area contributed by atoms with E-state index < -0.39 is 0 Å². The van der Waals surface area contributed by atoms with Gasteiger partial charge in [-0.25, -0.2) is 0 Å². The van der Waals surface area contributed by atoms with Crippen molar-refractivity contribution < 1.29 is 18.8 Å². The highest BCUT2D eigenvalue weighted by Crippen LogP contribution is 2.31. The molecule has 0 spiro atoms. The second kappa shape index (κ2) is 8.61. The van der Waals surface area contributed by atoms with Gasteiger partial charge in [0, 0.05) is 11.3 Å². The van der Waals surface area contributed by atoms with Crippen molar-refractivity contribution in [1.82, 2.24) is 5.16 Å². The number of amides is 1. The van der Waals surface area contributed by atoms with Crippen molar-refractivity contribution in [1.29, 1.82) is 0 Å². The molecule has 30 heavy (non-hydrogen) atoms. The van der Waals surface area contributed by atoms with Gasteiger partial charge in [-0.2, -0.15) is 0 Å². The second-order valence-corrected chi connectivity index (χ2v) is 7.56. The summed E-state index contributed by atoms with van der Waals surface area (Å²) in [5, 5.41) is 7.01. The Kier molecular flexibility index (Phi) is 5.74. The lowest BCUT2D eigenvalue weighted by Crippen LogP contribution is -2.15. The van der Waals surface area contributed by atoms with E-state index in [1.54, 1.807) is 25.3 Å². The first-order valence-corrected chi connectivity index (χ1v) is 10.2. The van der Waals surface area contributed by atoms with E-state index in [0.717, 1.165) is 42.0 Å². The smallest absolute Gasteiger partial charge is 0.255 e. The van der Waals surface area contributed by atoms with Gasteiger partial charge in [-0.3, -0.25) is 4.79 Å². The number of hydrogen-bond donors (Lipinski definition) is 1. The van der Waals surface area contributed by atoms with Crippen LogP contribution in [-0.2, 0) is 19.4 Å². The standard InChI is InChI=1S/C24H26N2O4/c1-15-20(16(2)30-26-15)14-29-22-12-11-18(13-23(22)28-3)24(27)25-21-10-6-8-17-7-4-5-9-19(17)21/h6,8,10-13H,4-5,7,9,14H2,1-3H3,(H,25,27). The van der Waals surface area contributed by atoms with Crippen LogP contribution in [0.4, 0.5) is 5.69 Å². The number of aryl methyl sites for hydroxylation is 3. The van der Waals surface area contributed by atoms with Crippen molar-refractivity contribution in [2.45, 2.75) is 46.1 Å². The van der Waals surface area contributed by atoms with E-state index in [1.165, 1.54) is 17.5 Å². The van der Waals surface area contributed by atoms with Crippen molar-refractivity contribution in [3.8, 4) is 11.5 Å². The van der Waals surface area contributed by atoms with E-state index in [2.05, 4.69) is 16.5 Å². The van der Waals surface area contributed by atoms with Gasteiger partial charge in [-0.15, -0.1) is 0 Å². The Hall–Kier alpha value is -3.28. The maximum absolute atomic E-state index is 12.9. The Morgan fingerprint density at radius 3 is 2.73 bits per heavy atom. The molecule has 1 N–H and O–H groups in total. The Morgan fingerprint density at radius 2 is 1.97 bits per heavy atom. The van der Waals surface area contributed by atoms with Crippen molar-refractivity contribution in [3.63, 3.8) is 0 Å². The molecule has 4 rings (SSSR count). The lowest BCUT2D eigenvalue weighted by atomic mass is 9.90. The minimum Gasteiger partial charge on any atom is -0.493 e. The van der Waals surface area contributed by atoms with E-state index >= 15 is 0 Å². The van der Waals surface area contributed by atoms with Crippen LogP contribution in [0.1, 0.15) is 51.3 Å². The van der Waals surface area contributed by atoms with Gasteiger partial charge in [-0.05, 0) is 74.9 Å². The first-order valence-electron chi connectivity index (χ1n) is 10.2. The quantitative estimate of drug-likeness (QED) is 0.623. The number of nitrogens with one attached hydrogen (secondary N) is 1. The van der Waals surface area contributed by atoms with E-state index in [1.807, 2.05) is 26.0 Å². The first-order chi connectivity index (χ1) is 14.6. The molecule has 0 unspecified atom stereocenters. The highest BCUT2D eigenvalue weighted by atomic mass is 16.5. The third-order valence-electron chi connectivity index (χ3n) is 5.62. The molecular formula is C24H26N2O4. The largest absolute Gasteiger partial charge is 0.493 e. The summed E-state index contributed by atoms with van der Waals surface area (Å²) in [5.74, 6) is 1.63. The summed E-state index contributed by atoms with van der Waals surface area (Å²) in [6, 6.07) is 11.3. The molecule has 1 heterocycles. The van der Waals surface area contributed by atoms with Gasteiger partial charge in [0.2, 0.25) is 0 Å². The molecule has 1 aliphatic carbocycles. The van der Waals surface area contributed by atoms with Gasteiger partial charge in [-0.1, -0.05) is 17.3 Å². The number of ether oxygens (including phenoxy) is 2. The van der Waals surface area contributed by atoms with Crippen LogP contribution in [0.5, 0.6) is 11.5 Å². The predicted octanol–water partition coefficient (Wildman–Crippen LogP) is 5.01. The molecule has 3 aromatic rings. The third kappa shape index (κ3) is 4.03. The molecule has 0 saturated carbocycles. The van der Waals surface area contributed by atoms with Crippen LogP contribution >= 0.6 is 0 Å². The van der Waals surface area contributed by atoms with Crippen molar-refractivity contribution >= 4 is 11.6 Å². The Morgan fingerprint density at radius 1 is 1.13 bits per heavy atom. The fourth-order valence-electron chi connectivity index (χ4n) is 3.88. The fourth-order valence-corrected chi connectivity index (χ4v) is 3.88. The van der Waals surface area contributed by atoms with E-state index in [-0.39, 0.29) is 5.91 Å². The zero-order valence-electron chi connectivity index (χ0n) is 17.6. The summed E-state index contributed by atoms with van der Waals surface area (Å²) >= 11 is 0. The van der Waals surface area contributed by atoms with Crippen molar-refractivity contribution in [2.24, 2.45) is 0 Å². The molecule has 0 bridgehead atoms. The number of carbonyl (C=O) groups excluding carboxylic acids is 1. The average molecular weight is 406 g/mol. The molecule has 1 aliphatic rings. The van der Waals surface area contributed by atoms with Crippen LogP contribution < -0.4 is 14.8 Å². The molecule has 6 heteroatoms. The normalized spacial score (nSPS) is 12.9. The van der Waals surface area contributed by atoms with Crippen LogP contribution in [-0.4, -0.2) is 18.2 Å². The van der Waals surface area contributed by atoms with Gasteiger partial charge in [0.1, 0.15) is 12.4 Å². The molecule has 1 amide bonds. The maximum Gasteiger partial charge on any atom is 0.255 e. The van der Waals surface area contributed by atoms with Gasteiger partial charge >= 0.3 is 0 Å². The average Bonchev–Trinajstić information content (AvgIpc) is 3.09. The fraction of sp³-hybridized carbons (Fsp3) is 0.333. The van der Waals surface area contributed by atoms with Crippen LogP contribution in [0.25, 0.3) is 0 Å². The molecule has 0 saturated heterocycles. The minimum absolute atomic E-state index is 0.162. The summed E-state index contributed by atoms with van der Waals surface area (Å²) in [6.45, 7) is 4.05. The summed E-state index contributed by atoms with van der Waals surface area (Å²) in [6.07, 6.45) is 4.44. The number of rotatable bonds is 6. The Labute approximate surface area is 176 Å². The first kappa shape index (κ1) is 20.0. The minimum atomic E-state index is -0.162. The topological polar surface area (TPSA) is 73.6 Å². The third-order valence-corrected chi connectivity index (χ3v) is 5.62. The number of carbonyl (C=O) groups is 1. The summed E-state index contributed by atoms with van der Waals surface area (Å²) in [7, 11) is 1.56. The monoisotopic (exact) mass is 406 g/mol. The second-order valence-electron chi connectivity index (χ2n) is 7.56. The lowest BCUT2D eigenvalue weighted by Gasteiger charge is -2.19. The number of fused-ring (bicyclic) bond motifs is 1. The number of aromatic nitrogens is 1. The highest BCUT2D eigenvalue weighted by Gasteiger charge is 2.17. The van der Waals surface area contributed by atoms with Crippen molar-refractivity contribution in [3.05, 3.63) is 70.1 Å². The molecule has 6 nitrogen and oxygen atoms in total. The molecule has 0 fully saturated rings.